The van der Waals surface area contributed by atoms with Gasteiger partial charge < -0.3 is 10.9 Å². The average Bonchev–Trinajstić information content (AvgIpc) is 2.82. The highest BCUT2D eigenvalue weighted by Gasteiger charge is 2.55. The van der Waals surface area contributed by atoms with Gasteiger partial charge in [-0.15, -0.1) is 0 Å². The van der Waals surface area contributed by atoms with E-state index < -0.39 is 0 Å². The molecular formula is C12H12ClN3O. The fourth-order valence-corrected chi connectivity index (χ4v) is 2.86. The molecule has 0 spiro atoms. The van der Waals surface area contributed by atoms with E-state index in [9.17, 15) is 0 Å². The summed E-state index contributed by atoms with van der Waals surface area (Å²) in [6, 6.07) is 3.64. The van der Waals surface area contributed by atoms with Crippen LogP contribution in [0.25, 0.3) is 5.57 Å². The molecule has 0 aliphatic heterocycles. The average molecular weight is 250 g/mol. The molecule has 4 nitrogen and oxygen atoms in total. The Labute approximate surface area is 104 Å². The highest BCUT2D eigenvalue weighted by atomic mass is 35.5. The Hall–Kier alpha value is -1.55. The van der Waals surface area contributed by atoms with Gasteiger partial charge in [-0.2, -0.15) is 0 Å². The first kappa shape index (κ1) is 10.6. The van der Waals surface area contributed by atoms with Crippen LogP contribution in [0.3, 0.4) is 0 Å². The van der Waals surface area contributed by atoms with Gasteiger partial charge in [0.05, 0.1) is 5.69 Å². The second kappa shape index (κ2) is 3.74. The van der Waals surface area contributed by atoms with E-state index in [1.165, 1.54) is 5.57 Å². The minimum atomic E-state index is 0.211. The number of allylic oxidation sites excluding steroid dienone is 2. The van der Waals surface area contributed by atoms with Gasteiger partial charge in [0.25, 0.3) is 0 Å². The first-order chi connectivity index (χ1) is 8.20. The molecule has 1 aromatic heterocycles. The highest BCUT2D eigenvalue weighted by Crippen LogP contribution is 2.57. The number of nitrogens with zero attached hydrogens (tertiary/aromatic N) is 2. The van der Waals surface area contributed by atoms with Gasteiger partial charge in [-0.25, -0.2) is 0 Å². The van der Waals surface area contributed by atoms with Gasteiger partial charge in [0.2, 0.25) is 0 Å². The van der Waals surface area contributed by atoms with Crippen molar-refractivity contribution >= 4 is 23.0 Å². The minimum absolute atomic E-state index is 0.211. The molecule has 2 aliphatic rings. The van der Waals surface area contributed by atoms with Gasteiger partial charge in [0, 0.05) is 17.1 Å². The maximum Gasteiger partial charge on any atom is 0.143 e. The number of halogens is 1. The number of pyridine rings is 1. The maximum atomic E-state index is 8.63. The van der Waals surface area contributed by atoms with Crippen molar-refractivity contribution in [2.24, 2.45) is 28.6 Å². The van der Waals surface area contributed by atoms with Gasteiger partial charge in [0.1, 0.15) is 5.84 Å². The number of aromatic nitrogens is 1. The standard InChI is InChI=1S/C12H12ClN3O/c13-7-1-2-15-10(5-7)6-3-8-9(4-6)11(8)12(14)16-17/h1-3,5,8-9,11,17H,4H2,(H2,14,16)/t8-,9+,11+/m0/s1. The first-order valence-electron chi connectivity index (χ1n) is 5.50. The molecule has 17 heavy (non-hydrogen) atoms. The Balaban J connectivity index is 1.80. The molecule has 1 aromatic rings. The molecule has 0 bridgehead atoms. The topological polar surface area (TPSA) is 71.5 Å². The van der Waals surface area contributed by atoms with Crippen LogP contribution in [0.1, 0.15) is 12.1 Å². The highest BCUT2D eigenvalue weighted by molar-refractivity contribution is 6.30. The van der Waals surface area contributed by atoms with Gasteiger partial charge in [0.15, 0.2) is 0 Å². The summed E-state index contributed by atoms with van der Waals surface area (Å²) in [5.41, 5.74) is 7.76. The maximum absolute atomic E-state index is 8.63. The van der Waals surface area contributed by atoms with E-state index in [1.807, 2.05) is 6.07 Å². The Morgan fingerprint density at radius 3 is 3.00 bits per heavy atom. The Morgan fingerprint density at radius 2 is 2.41 bits per heavy atom. The molecule has 1 saturated carbocycles. The Morgan fingerprint density at radius 1 is 1.59 bits per heavy atom. The Kier molecular flexibility index (Phi) is 2.33. The lowest BCUT2D eigenvalue weighted by Crippen LogP contribution is -2.16. The van der Waals surface area contributed by atoms with Crippen LogP contribution in [0.4, 0.5) is 0 Å². The smallest absolute Gasteiger partial charge is 0.143 e. The molecule has 1 fully saturated rings. The summed E-state index contributed by atoms with van der Waals surface area (Å²) in [4.78, 5) is 4.30. The molecule has 5 heteroatoms. The zero-order valence-electron chi connectivity index (χ0n) is 9.05. The predicted molar refractivity (Wildman–Crippen MR) is 65.7 cm³/mol. The number of fused-ring (bicyclic) bond motifs is 1. The van der Waals surface area contributed by atoms with Crippen molar-refractivity contribution in [2.75, 3.05) is 0 Å². The van der Waals surface area contributed by atoms with E-state index in [1.54, 1.807) is 12.3 Å². The molecule has 88 valence electrons. The van der Waals surface area contributed by atoms with Crippen molar-refractivity contribution in [1.29, 1.82) is 0 Å². The zero-order chi connectivity index (χ0) is 12.0. The van der Waals surface area contributed by atoms with Crippen molar-refractivity contribution in [1.82, 2.24) is 4.98 Å². The lowest BCUT2D eigenvalue weighted by Gasteiger charge is -2.05. The van der Waals surface area contributed by atoms with Crippen LogP contribution in [0.15, 0.2) is 29.6 Å². The number of hydrogen-bond acceptors (Lipinski definition) is 3. The Bertz CT molecular complexity index is 526. The van der Waals surface area contributed by atoms with Gasteiger partial charge in [-0.05, 0) is 36.0 Å². The van der Waals surface area contributed by atoms with Crippen LogP contribution in [-0.2, 0) is 0 Å². The molecule has 0 aromatic carbocycles. The quantitative estimate of drug-likeness (QED) is 0.365. The number of rotatable bonds is 2. The van der Waals surface area contributed by atoms with Crippen molar-refractivity contribution in [3.8, 4) is 0 Å². The molecule has 3 N–H and O–H groups in total. The van der Waals surface area contributed by atoms with E-state index in [-0.39, 0.29) is 5.92 Å². The van der Waals surface area contributed by atoms with Crippen LogP contribution in [0, 0.1) is 17.8 Å². The van der Waals surface area contributed by atoms with Crippen LogP contribution in [-0.4, -0.2) is 16.0 Å². The predicted octanol–water partition coefficient (Wildman–Crippen LogP) is 2.13. The third kappa shape index (κ3) is 1.69. The van der Waals surface area contributed by atoms with Crippen LogP contribution in [0.5, 0.6) is 0 Å². The fraction of sp³-hybridized carbons (Fsp3) is 0.333. The van der Waals surface area contributed by atoms with E-state index >= 15 is 0 Å². The second-order valence-corrected chi connectivity index (χ2v) is 4.98. The lowest BCUT2D eigenvalue weighted by atomic mass is 10.1. The van der Waals surface area contributed by atoms with E-state index in [0.717, 1.165) is 12.1 Å². The molecule has 0 unspecified atom stereocenters. The van der Waals surface area contributed by atoms with Gasteiger partial charge in [-0.1, -0.05) is 22.8 Å². The van der Waals surface area contributed by atoms with E-state index in [0.29, 0.717) is 22.7 Å². The molecular weight excluding hydrogens is 238 g/mol. The first-order valence-corrected chi connectivity index (χ1v) is 5.88. The summed E-state index contributed by atoms with van der Waals surface area (Å²) < 4.78 is 0. The van der Waals surface area contributed by atoms with Crippen molar-refractivity contribution < 1.29 is 5.21 Å². The largest absolute Gasteiger partial charge is 0.409 e. The monoisotopic (exact) mass is 249 g/mol. The van der Waals surface area contributed by atoms with Gasteiger partial charge in [-0.3, -0.25) is 4.98 Å². The number of amidine groups is 1. The van der Waals surface area contributed by atoms with Crippen LogP contribution >= 0.6 is 11.6 Å². The molecule has 0 amide bonds. The summed E-state index contributed by atoms with van der Waals surface area (Å²) in [5.74, 6) is 1.43. The lowest BCUT2D eigenvalue weighted by molar-refractivity contribution is 0.316. The fourth-order valence-electron chi connectivity index (χ4n) is 2.70. The van der Waals surface area contributed by atoms with Crippen LogP contribution in [0.2, 0.25) is 5.02 Å². The molecule has 3 rings (SSSR count). The van der Waals surface area contributed by atoms with Gasteiger partial charge >= 0.3 is 0 Å². The summed E-state index contributed by atoms with van der Waals surface area (Å²) in [6.45, 7) is 0. The molecule has 3 atom stereocenters. The van der Waals surface area contributed by atoms with Crippen molar-refractivity contribution in [3.63, 3.8) is 0 Å². The zero-order valence-corrected chi connectivity index (χ0v) is 9.80. The molecule has 2 aliphatic carbocycles. The van der Waals surface area contributed by atoms with Crippen molar-refractivity contribution in [3.05, 3.63) is 35.1 Å². The molecule has 0 saturated heterocycles. The molecule has 0 radical (unpaired) electrons. The number of nitrogens with two attached hydrogens (primary N) is 1. The van der Waals surface area contributed by atoms with Crippen LogP contribution < -0.4 is 5.73 Å². The van der Waals surface area contributed by atoms with E-state index in [2.05, 4.69) is 16.2 Å². The van der Waals surface area contributed by atoms with E-state index in [4.69, 9.17) is 22.5 Å². The summed E-state index contributed by atoms with van der Waals surface area (Å²) in [7, 11) is 0. The SMILES string of the molecule is N/C(=N\O)[C@@H]1[C@H]2C=C(c3cc(Cl)ccn3)C[C@H]21. The summed E-state index contributed by atoms with van der Waals surface area (Å²) in [5, 5.41) is 12.4. The normalized spacial score (nSPS) is 31.0. The second-order valence-electron chi connectivity index (χ2n) is 4.55. The summed E-state index contributed by atoms with van der Waals surface area (Å²) in [6.07, 6.45) is 4.81. The third-order valence-electron chi connectivity index (χ3n) is 3.59. The minimum Gasteiger partial charge on any atom is -0.409 e. The van der Waals surface area contributed by atoms with Crippen molar-refractivity contribution in [2.45, 2.75) is 6.42 Å². The third-order valence-corrected chi connectivity index (χ3v) is 3.82. The number of hydrogen-bond donors (Lipinski definition) is 2. The number of oxime groups is 1. The summed E-state index contributed by atoms with van der Waals surface area (Å²) >= 11 is 5.93. The molecule has 1 heterocycles.